The van der Waals surface area contributed by atoms with Gasteiger partial charge in [-0.1, -0.05) is 0 Å². The Hall–Kier alpha value is -1.94. The van der Waals surface area contributed by atoms with Crippen molar-refractivity contribution in [1.29, 1.82) is 0 Å². The molecule has 10 heteroatoms. The van der Waals surface area contributed by atoms with Crippen LogP contribution < -0.4 is 21.1 Å². The number of carbonyl (C=O) groups is 1. The van der Waals surface area contributed by atoms with Crippen molar-refractivity contribution in [2.24, 2.45) is 5.73 Å². The number of sulfonamides is 1. The van der Waals surface area contributed by atoms with Gasteiger partial charge in [0.15, 0.2) is 0 Å². The average molecular weight is 274 g/mol. The summed E-state index contributed by atoms with van der Waals surface area (Å²) in [4.78, 5) is 17.9. The van der Waals surface area contributed by atoms with Crippen LogP contribution in [0.15, 0.2) is 17.3 Å². The van der Waals surface area contributed by atoms with Crippen LogP contribution in [0.25, 0.3) is 0 Å². The predicted molar refractivity (Wildman–Crippen MR) is 64.4 cm³/mol. The van der Waals surface area contributed by atoms with Crippen LogP contribution in [0, 0.1) is 0 Å². The van der Waals surface area contributed by atoms with Crippen molar-refractivity contribution in [2.45, 2.75) is 4.90 Å². The SMILES string of the molecule is CNc1ncc(S(=O)(=O)NCCNC(N)=O)cn1. The molecule has 0 aromatic carbocycles. The van der Waals surface area contributed by atoms with Crippen LogP contribution >= 0.6 is 0 Å². The first-order valence-electron chi connectivity index (χ1n) is 4.98. The summed E-state index contributed by atoms with van der Waals surface area (Å²) < 4.78 is 25.7. The molecule has 0 spiro atoms. The summed E-state index contributed by atoms with van der Waals surface area (Å²) in [5.74, 6) is 0.323. The molecule has 0 fully saturated rings. The summed E-state index contributed by atoms with van der Waals surface area (Å²) >= 11 is 0. The fourth-order valence-corrected chi connectivity index (χ4v) is 1.96. The van der Waals surface area contributed by atoms with Gasteiger partial charge < -0.3 is 16.4 Å². The van der Waals surface area contributed by atoms with Crippen molar-refractivity contribution >= 4 is 22.0 Å². The second-order valence-electron chi connectivity index (χ2n) is 3.18. The van der Waals surface area contributed by atoms with Gasteiger partial charge in [0.1, 0.15) is 4.90 Å². The smallest absolute Gasteiger partial charge is 0.312 e. The van der Waals surface area contributed by atoms with Gasteiger partial charge >= 0.3 is 6.03 Å². The first kappa shape index (κ1) is 14.1. The number of hydrogen-bond donors (Lipinski definition) is 4. The number of anilines is 1. The number of rotatable bonds is 6. The molecule has 0 saturated carbocycles. The van der Waals surface area contributed by atoms with Gasteiger partial charge in [-0.25, -0.2) is 27.9 Å². The minimum absolute atomic E-state index is 0.0268. The molecule has 1 rings (SSSR count). The Labute approximate surface area is 104 Å². The third-order valence-corrected chi connectivity index (χ3v) is 3.29. The van der Waals surface area contributed by atoms with E-state index in [9.17, 15) is 13.2 Å². The average Bonchev–Trinajstić information content (AvgIpc) is 2.34. The van der Waals surface area contributed by atoms with Gasteiger partial charge in [0.2, 0.25) is 16.0 Å². The Balaban J connectivity index is 2.59. The van der Waals surface area contributed by atoms with Gasteiger partial charge in [0.05, 0.1) is 12.4 Å². The van der Waals surface area contributed by atoms with Crippen LogP contribution in [0.2, 0.25) is 0 Å². The Morgan fingerprint density at radius 2 is 1.94 bits per heavy atom. The molecular weight excluding hydrogens is 260 g/mol. The van der Waals surface area contributed by atoms with E-state index in [4.69, 9.17) is 5.73 Å². The largest absolute Gasteiger partial charge is 0.357 e. The highest BCUT2D eigenvalue weighted by molar-refractivity contribution is 7.89. The molecule has 0 atom stereocenters. The van der Waals surface area contributed by atoms with E-state index in [0.29, 0.717) is 5.95 Å². The lowest BCUT2D eigenvalue weighted by atomic mass is 10.6. The van der Waals surface area contributed by atoms with E-state index in [1.807, 2.05) is 0 Å². The molecule has 1 heterocycles. The minimum Gasteiger partial charge on any atom is -0.357 e. The Morgan fingerprint density at radius 1 is 1.33 bits per heavy atom. The molecule has 0 saturated heterocycles. The van der Waals surface area contributed by atoms with Crippen molar-refractivity contribution in [3.63, 3.8) is 0 Å². The molecule has 1 aromatic rings. The number of carbonyl (C=O) groups excluding carboxylic acids is 1. The monoisotopic (exact) mass is 274 g/mol. The minimum atomic E-state index is -3.68. The van der Waals surface area contributed by atoms with Crippen molar-refractivity contribution in [2.75, 3.05) is 25.5 Å². The van der Waals surface area contributed by atoms with Crippen LogP contribution in [0.3, 0.4) is 0 Å². The quantitative estimate of drug-likeness (QED) is 0.464. The molecule has 0 radical (unpaired) electrons. The Kier molecular flexibility index (Phi) is 4.80. The molecule has 0 aliphatic heterocycles. The standard InChI is InChI=1S/C8H14N6O3S/c1-10-8-12-4-6(5-13-8)18(16,17)14-3-2-11-7(9)15/h4-5,14H,2-3H2,1H3,(H3,9,11,15)(H,10,12,13). The number of amides is 2. The summed E-state index contributed by atoms with van der Waals surface area (Å²) in [6.07, 6.45) is 2.37. The summed E-state index contributed by atoms with van der Waals surface area (Å²) in [5.41, 5.74) is 4.83. The van der Waals surface area contributed by atoms with Crippen molar-refractivity contribution in [3.05, 3.63) is 12.4 Å². The lowest BCUT2D eigenvalue weighted by Crippen LogP contribution is -2.37. The number of nitrogens with zero attached hydrogens (tertiary/aromatic N) is 2. The summed E-state index contributed by atoms with van der Waals surface area (Å²) in [6, 6.07) is -0.712. The Bertz CT molecular complexity index is 500. The zero-order valence-electron chi connectivity index (χ0n) is 9.67. The Morgan fingerprint density at radius 3 is 2.44 bits per heavy atom. The van der Waals surface area contributed by atoms with Gasteiger partial charge in [0.25, 0.3) is 0 Å². The fraction of sp³-hybridized carbons (Fsp3) is 0.375. The van der Waals surface area contributed by atoms with Gasteiger partial charge in [0, 0.05) is 20.1 Å². The fourth-order valence-electron chi connectivity index (χ4n) is 1.04. The predicted octanol–water partition coefficient (Wildman–Crippen LogP) is -1.54. The van der Waals surface area contributed by atoms with E-state index >= 15 is 0 Å². The van der Waals surface area contributed by atoms with E-state index < -0.39 is 16.1 Å². The second kappa shape index (κ2) is 6.12. The van der Waals surface area contributed by atoms with Gasteiger partial charge in [-0.15, -0.1) is 0 Å². The van der Waals surface area contributed by atoms with Gasteiger partial charge in [-0.05, 0) is 0 Å². The normalized spacial score (nSPS) is 10.9. The molecule has 1 aromatic heterocycles. The third-order valence-electron chi connectivity index (χ3n) is 1.88. The lowest BCUT2D eigenvalue weighted by Gasteiger charge is -2.06. The maximum atomic E-state index is 11.7. The number of primary amides is 1. The number of nitrogens with one attached hydrogen (secondary N) is 3. The van der Waals surface area contributed by atoms with Crippen LogP contribution in [-0.2, 0) is 10.0 Å². The summed E-state index contributed by atoms with van der Waals surface area (Å²) in [7, 11) is -2.06. The van der Waals surface area contributed by atoms with Crippen molar-refractivity contribution in [1.82, 2.24) is 20.0 Å². The number of aromatic nitrogens is 2. The van der Waals surface area contributed by atoms with Gasteiger partial charge in [-0.2, -0.15) is 0 Å². The first-order chi connectivity index (χ1) is 8.45. The van der Waals surface area contributed by atoms with E-state index in [1.54, 1.807) is 7.05 Å². The molecular formula is C8H14N6O3S. The maximum absolute atomic E-state index is 11.7. The zero-order chi connectivity index (χ0) is 13.6. The molecule has 5 N–H and O–H groups in total. The highest BCUT2D eigenvalue weighted by Crippen LogP contribution is 2.06. The maximum Gasteiger partial charge on any atom is 0.312 e. The molecule has 100 valence electrons. The number of nitrogens with two attached hydrogens (primary N) is 1. The summed E-state index contributed by atoms with van der Waals surface area (Å²) in [6.45, 7) is 0.128. The van der Waals surface area contributed by atoms with E-state index in [-0.39, 0.29) is 18.0 Å². The first-order valence-corrected chi connectivity index (χ1v) is 6.47. The van der Waals surface area contributed by atoms with Crippen molar-refractivity contribution < 1.29 is 13.2 Å². The van der Waals surface area contributed by atoms with Gasteiger partial charge in [-0.3, -0.25) is 0 Å². The summed E-state index contributed by atoms with van der Waals surface area (Å²) in [5, 5.41) is 4.93. The highest BCUT2D eigenvalue weighted by Gasteiger charge is 2.14. The molecule has 18 heavy (non-hydrogen) atoms. The molecule has 0 aliphatic carbocycles. The van der Waals surface area contributed by atoms with E-state index in [2.05, 4.69) is 25.3 Å². The molecule has 0 aliphatic rings. The third kappa shape index (κ3) is 4.14. The molecule has 2 amide bonds. The number of hydrogen-bond acceptors (Lipinski definition) is 6. The van der Waals surface area contributed by atoms with Crippen LogP contribution in [0.4, 0.5) is 10.7 Å². The van der Waals surface area contributed by atoms with E-state index in [0.717, 1.165) is 0 Å². The lowest BCUT2D eigenvalue weighted by molar-refractivity contribution is 0.249. The van der Waals surface area contributed by atoms with Crippen LogP contribution in [-0.4, -0.2) is 44.6 Å². The zero-order valence-corrected chi connectivity index (χ0v) is 10.5. The second-order valence-corrected chi connectivity index (χ2v) is 4.95. The highest BCUT2D eigenvalue weighted by atomic mass is 32.2. The molecule has 0 unspecified atom stereocenters. The number of urea groups is 1. The van der Waals surface area contributed by atoms with Crippen molar-refractivity contribution in [3.8, 4) is 0 Å². The topological polar surface area (TPSA) is 139 Å². The molecule has 0 bridgehead atoms. The van der Waals surface area contributed by atoms with E-state index in [1.165, 1.54) is 12.4 Å². The van der Waals surface area contributed by atoms with Crippen LogP contribution in [0.5, 0.6) is 0 Å². The molecule has 9 nitrogen and oxygen atoms in total. The van der Waals surface area contributed by atoms with Crippen LogP contribution in [0.1, 0.15) is 0 Å².